The number of hydrogen-bond acceptors (Lipinski definition) is 6. The van der Waals surface area contributed by atoms with E-state index in [1.165, 1.54) is 17.8 Å². The van der Waals surface area contributed by atoms with Gasteiger partial charge in [0.2, 0.25) is 11.8 Å². The number of likely N-dealkylation sites (tertiary alicyclic amines) is 1. The van der Waals surface area contributed by atoms with Gasteiger partial charge < -0.3 is 24.9 Å². The molecule has 11 heteroatoms. The second-order valence-electron chi connectivity index (χ2n) is 16.8. The highest BCUT2D eigenvalue weighted by molar-refractivity contribution is 8.01. The van der Waals surface area contributed by atoms with Crippen LogP contribution in [0.5, 0.6) is 0 Å². The van der Waals surface area contributed by atoms with Gasteiger partial charge in [-0.25, -0.2) is 9.18 Å². The third-order valence-corrected chi connectivity index (χ3v) is 12.7. The van der Waals surface area contributed by atoms with Crippen LogP contribution in [-0.2, 0) is 9.59 Å². The summed E-state index contributed by atoms with van der Waals surface area (Å²) >= 11 is 1.50. The molecule has 6 rings (SSSR count). The van der Waals surface area contributed by atoms with Crippen LogP contribution in [0.2, 0.25) is 0 Å². The highest BCUT2D eigenvalue weighted by Gasteiger charge is 2.45. The Hall–Kier alpha value is -3.05. The molecular weight excluding hydrogens is 652 g/mol. The molecule has 4 atom stereocenters. The van der Waals surface area contributed by atoms with Crippen molar-refractivity contribution in [1.82, 2.24) is 24.9 Å². The molecule has 0 radical (unpaired) electrons. The Morgan fingerprint density at radius 2 is 1.62 bits per heavy atom. The number of benzene rings is 1. The van der Waals surface area contributed by atoms with Crippen molar-refractivity contribution in [2.45, 2.75) is 102 Å². The van der Waals surface area contributed by atoms with Gasteiger partial charge in [-0.3, -0.25) is 14.5 Å². The average Bonchev–Trinajstić information content (AvgIpc) is 3.26. The number of anilines is 1. The predicted octanol–water partition coefficient (Wildman–Crippen LogP) is 6.03. The summed E-state index contributed by atoms with van der Waals surface area (Å²) in [7, 11) is 0. The van der Waals surface area contributed by atoms with Crippen molar-refractivity contribution >= 4 is 35.3 Å². The number of thioether (sulfide) groups is 1. The van der Waals surface area contributed by atoms with Crippen molar-refractivity contribution in [3.63, 3.8) is 0 Å². The first-order valence-electron chi connectivity index (χ1n) is 18.6. The van der Waals surface area contributed by atoms with Crippen LogP contribution in [0.1, 0.15) is 84.6 Å². The maximum absolute atomic E-state index is 15.8. The van der Waals surface area contributed by atoms with Gasteiger partial charge in [-0.15, -0.1) is 11.8 Å². The van der Waals surface area contributed by atoms with Crippen LogP contribution in [0.3, 0.4) is 0 Å². The molecule has 1 aromatic rings. The van der Waals surface area contributed by atoms with Crippen LogP contribution in [0, 0.1) is 17.2 Å². The van der Waals surface area contributed by atoms with Gasteiger partial charge in [0.25, 0.3) is 0 Å². The fraction of sp³-hybridized carbons (Fsp3) is 0.667. The van der Waals surface area contributed by atoms with E-state index >= 15 is 4.39 Å². The Bertz CT molecular complexity index is 1470. The minimum Gasteiger partial charge on any atom is -0.366 e. The molecular formula is C39H57FN6O3S. The number of piperazine rings is 1. The van der Waals surface area contributed by atoms with E-state index in [0.29, 0.717) is 50.9 Å². The van der Waals surface area contributed by atoms with Crippen LogP contribution >= 0.6 is 11.8 Å². The minimum atomic E-state index is -0.528. The zero-order chi connectivity index (χ0) is 35.8. The highest BCUT2D eigenvalue weighted by atomic mass is 32.2. The van der Waals surface area contributed by atoms with Gasteiger partial charge in [0.05, 0.1) is 17.0 Å². The molecule has 0 saturated carbocycles. The average molecular weight is 709 g/mol. The summed E-state index contributed by atoms with van der Waals surface area (Å²) in [5.74, 6) is -0.00939. The summed E-state index contributed by atoms with van der Waals surface area (Å²) < 4.78 is 15.8. The Morgan fingerprint density at radius 3 is 2.30 bits per heavy atom. The number of para-hydroxylation sites is 1. The van der Waals surface area contributed by atoms with Crippen molar-refractivity contribution in [1.29, 1.82) is 0 Å². The normalized spacial score (nSPS) is 27.1. The molecule has 4 heterocycles. The number of hydrogen-bond donors (Lipinski definition) is 1. The van der Waals surface area contributed by atoms with E-state index in [2.05, 4.69) is 74.9 Å². The van der Waals surface area contributed by atoms with Crippen LogP contribution < -0.4 is 10.2 Å². The highest BCUT2D eigenvalue weighted by Crippen LogP contribution is 2.48. The van der Waals surface area contributed by atoms with Crippen molar-refractivity contribution in [3.8, 4) is 0 Å². The molecule has 0 bridgehead atoms. The van der Waals surface area contributed by atoms with Gasteiger partial charge in [-0.05, 0) is 57.9 Å². The fourth-order valence-corrected chi connectivity index (χ4v) is 9.57. The van der Waals surface area contributed by atoms with Crippen molar-refractivity contribution in [2.75, 3.05) is 57.3 Å². The number of rotatable bonds is 7. The summed E-state index contributed by atoms with van der Waals surface area (Å²) in [4.78, 5) is 51.4. The zero-order valence-corrected chi connectivity index (χ0v) is 31.7. The Balaban J connectivity index is 1.13. The second-order valence-corrected chi connectivity index (χ2v) is 18.1. The second kappa shape index (κ2) is 14.9. The molecule has 4 fully saturated rings. The first-order chi connectivity index (χ1) is 23.7. The number of allylic oxidation sites excluding steroid dienone is 2. The van der Waals surface area contributed by atoms with Gasteiger partial charge in [0.1, 0.15) is 11.2 Å². The number of carbonyl (C=O) groups excluding carboxylic acids is 3. The molecule has 4 aliphatic heterocycles. The van der Waals surface area contributed by atoms with Gasteiger partial charge in [-0.2, -0.15) is 0 Å². The quantitative estimate of drug-likeness (QED) is 0.373. The number of nitrogens with one attached hydrogen (secondary N) is 1. The molecule has 50 heavy (non-hydrogen) atoms. The first kappa shape index (κ1) is 36.7. The van der Waals surface area contributed by atoms with Gasteiger partial charge in [-0.1, -0.05) is 57.2 Å². The molecule has 2 unspecified atom stereocenters. The lowest BCUT2D eigenvalue weighted by Gasteiger charge is -2.43. The molecule has 0 aromatic heterocycles. The number of fused-ring (bicyclic) bond motifs is 1. The Kier molecular flexibility index (Phi) is 10.9. The van der Waals surface area contributed by atoms with E-state index in [-0.39, 0.29) is 58.5 Å². The number of urea groups is 1. The first-order valence-corrected chi connectivity index (χ1v) is 19.6. The molecule has 1 aromatic carbocycles. The molecule has 0 spiro atoms. The third-order valence-electron chi connectivity index (χ3n) is 11.2. The largest absolute Gasteiger partial charge is 0.366 e. The van der Waals surface area contributed by atoms with E-state index in [1.807, 2.05) is 26.8 Å². The molecule has 9 nitrogen and oxygen atoms in total. The van der Waals surface area contributed by atoms with E-state index in [1.54, 1.807) is 6.07 Å². The van der Waals surface area contributed by atoms with Gasteiger partial charge >= 0.3 is 6.03 Å². The lowest BCUT2D eigenvalue weighted by atomic mass is 9.92. The summed E-state index contributed by atoms with van der Waals surface area (Å²) in [6, 6.07) is 5.35. The van der Waals surface area contributed by atoms with E-state index in [9.17, 15) is 14.4 Å². The summed E-state index contributed by atoms with van der Waals surface area (Å²) in [5, 5.41) is 2.29. The number of nitrogens with zero attached hydrogens (tertiary/aromatic N) is 5. The molecule has 4 saturated heterocycles. The molecule has 1 aliphatic carbocycles. The third kappa shape index (κ3) is 8.19. The fourth-order valence-electron chi connectivity index (χ4n) is 8.08. The molecule has 1 N–H and O–H groups in total. The van der Waals surface area contributed by atoms with E-state index < -0.39 is 5.25 Å². The number of carbonyl (C=O) groups is 3. The number of halogens is 1. The van der Waals surface area contributed by atoms with Crippen LogP contribution in [-0.4, -0.2) is 113 Å². The van der Waals surface area contributed by atoms with Crippen molar-refractivity contribution < 1.29 is 18.8 Å². The lowest BCUT2D eigenvalue weighted by molar-refractivity contribution is -0.137. The summed E-state index contributed by atoms with van der Waals surface area (Å²) in [5.41, 5.74) is 1.47. The lowest BCUT2D eigenvalue weighted by Crippen LogP contribution is -2.53. The van der Waals surface area contributed by atoms with Gasteiger partial charge in [0.15, 0.2) is 0 Å². The summed E-state index contributed by atoms with van der Waals surface area (Å²) in [6.07, 6.45) is 11.6. The smallest absolute Gasteiger partial charge is 0.318 e. The van der Waals surface area contributed by atoms with Gasteiger partial charge in [0, 0.05) is 81.8 Å². The van der Waals surface area contributed by atoms with Crippen LogP contribution in [0.4, 0.5) is 14.9 Å². The monoisotopic (exact) mass is 708 g/mol. The maximum atomic E-state index is 15.8. The maximum Gasteiger partial charge on any atom is 0.318 e. The standard InChI is InChI=1S/C39H57FN6O3S/c1-38(2,3)17-21-46-35(48)32(50-36(46)29-11-9-12-30(40)34(29)43-22-24-44(25-23-43)39(4,5)6)26-33(47)42-18-15-28(16-19-42)45-20-14-27-10-7-8-13-31(27)41-37(45)49/h7-13,27-28,31-32,36H,14-26H2,1-6H3,(H,41,49)/t27?,31?,32-,36+/m0/s1. The SMILES string of the molecule is CC(C)(C)CCN1C(=O)[C@H](CC(=O)N2CCC(N3CCC4C=CC=CC4NC3=O)CC2)S[C@@H]1c1cccc(F)c1N1CCN(C(C)(C)C)CC1. The van der Waals surface area contributed by atoms with E-state index in [4.69, 9.17) is 0 Å². The molecule has 4 amide bonds. The minimum absolute atomic E-state index is 0.0114. The van der Waals surface area contributed by atoms with Crippen LogP contribution in [0.25, 0.3) is 0 Å². The molecule has 274 valence electrons. The molecule has 5 aliphatic rings. The number of amides is 4. The van der Waals surface area contributed by atoms with Crippen molar-refractivity contribution in [2.24, 2.45) is 11.3 Å². The number of piperidine rings is 1. The Labute approximate surface area is 302 Å². The van der Waals surface area contributed by atoms with E-state index in [0.717, 1.165) is 44.3 Å². The van der Waals surface area contributed by atoms with Crippen LogP contribution in [0.15, 0.2) is 42.5 Å². The summed E-state index contributed by atoms with van der Waals surface area (Å²) in [6.45, 7) is 18.6. The van der Waals surface area contributed by atoms with Crippen molar-refractivity contribution in [3.05, 3.63) is 53.9 Å². The topological polar surface area (TPSA) is 79.4 Å². The predicted molar refractivity (Wildman–Crippen MR) is 199 cm³/mol. The zero-order valence-electron chi connectivity index (χ0n) is 30.9. The Morgan fingerprint density at radius 1 is 0.920 bits per heavy atom.